The smallest absolute Gasteiger partial charge is 0.127 e. The fourth-order valence-electron chi connectivity index (χ4n) is 0.972. The van der Waals surface area contributed by atoms with Crippen LogP contribution in [0, 0.1) is 5.82 Å². The molecule has 0 aromatic heterocycles. The van der Waals surface area contributed by atoms with Crippen molar-refractivity contribution in [1.82, 2.24) is 5.32 Å². The van der Waals surface area contributed by atoms with Crippen LogP contribution in [0.3, 0.4) is 0 Å². The zero-order chi connectivity index (χ0) is 9.52. The summed E-state index contributed by atoms with van der Waals surface area (Å²) in [4.78, 5) is 0. The number of benzene rings is 1. The summed E-state index contributed by atoms with van der Waals surface area (Å²) < 4.78 is 13.1. The van der Waals surface area contributed by atoms with Crippen LogP contribution in [0.1, 0.15) is 5.56 Å². The highest BCUT2D eigenvalue weighted by Crippen LogP contribution is 2.14. The molecular formula is C10H14FNS. The van der Waals surface area contributed by atoms with Gasteiger partial charge in [0.15, 0.2) is 0 Å². The fourth-order valence-corrected chi connectivity index (χ4v) is 1.92. The van der Waals surface area contributed by atoms with Gasteiger partial charge >= 0.3 is 0 Å². The molecule has 0 unspecified atom stereocenters. The third-order valence-electron chi connectivity index (χ3n) is 1.71. The molecule has 0 atom stereocenters. The Morgan fingerprint density at radius 2 is 2.15 bits per heavy atom. The van der Waals surface area contributed by atoms with Crippen LogP contribution in [0.4, 0.5) is 4.39 Å². The number of rotatable bonds is 5. The minimum atomic E-state index is -0.0977. The summed E-state index contributed by atoms with van der Waals surface area (Å²) >= 11 is 1.74. The van der Waals surface area contributed by atoms with Gasteiger partial charge in [-0.25, -0.2) is 4.39 Å². The van der Waals surface area contributed by atoms with Crippen molar-refractivity contribution < 1.29 is 4.39 Å². The van der Waals surface area contributed by atoms with Crippen LogP contribution in [0.2, 0.25) is 0 Å². The van der Waals surface area contributed by atoms with Gasteiger partial charge in [-0.2, -0.15) is 11.8 Å². The lowest BCUT2D eigenvalue weighted by Crippen LogP contribution is -2.09. The van der Waals surface area contributed by atoms with E-state index in [4.69, 9.17) is 0 Å². The minimum absolute atomic E-state index is 0.0977. The SMILES string of the molecule is CNCCSCc1ccccc1F. The Bertz CT molecular complexity index is 252. The quantitative estimate of drug-likeness (QED) is 0.730. The van der Waals surface area contributed by atoms with Gasteiger partial charge in [-0.15, -0.1) is 0 Å². The first-order valence-corrected chi connectivity index (χ1v) is 5.46. The Morgan fingerprint density at radius 3 is 2.85 bits per heavy atom. The van der Waals surface area contributed by atoms with E-state index < -0.39 is 0 Å². The van der Waals surface area contributed by atoms with Gasteiger partial charge in [0, 0.05) is 18.1 Å². The van der Waals surface area contributed by atoms with Crippen molar-refractivity contribution >= 4 is 11.8 Å². The normalized spacial score (nSPS) is 10.3. The van der Waals surface area contributed by atoms with Crippen molar-refractivity contribution in [2.45, 2.75) is 5.75 Å². The van der Waals surface area contributed by atoms with E-state index in [0.29, 0.717) is 0 Å². The van der Waals surface area contributed by atoms with E-state index >= 15 is 0 Å². The summed E-state index contributed by atoms with van der Waals surface area (Å²) in [6, 6.07) is 6.93. The third-order valence-corrected chi connectivity index (χ3v) is 2.72. The van der Waals surface area contributed by atoms with Gasteiger partial charge in [0.05, 0.1) is 0 Å². The number of hydrogen-bond donors (Lipinski definition) is 1. The van der Waals surface area contributed by atoms with Crippen LogP contribution in [0.25, 0.3) is 0 Å². The highest BCUT2D eigenvalue weighted by atomic mass is 32.2. The number of hydrogen-bond acceptors (Lipinski definition) is 2. The molecule has 0 aliphatic rings. The first-order chi connectivity index (χ1) is 6.34. The Morgan fingerprint density at radius 1 is 1.38 bits per heavy atom. The van der Waals surface area contributed by atoms with E-state index in [1.165, 1.54) is 6.07 Å². The van der Waals surface area contributed by atoms with Crippen LogP contribution in [-0.2, 0) is 5.75 Å². The van der Waals surface area contributed by atoms with E-state index in [2.05, 4.69) is 5.32 Å². The molecule has 3 heteroatoms. The van der Waals surface area contributed by atoms with E-state index in [9.17, 15) is 4.39 Å². The second kappa shape index (κ2) is 6.00. The Labute approximate surface area is 82.7 Å². The largest absolute Gasteiger partial charge is 0.319 e. The highest BCUT2D eigenvalue weighted by molar-refractivity contribution is 7.98. The molecule has 1 rings (SSSR count). The van der Waals surface area contributed by atoms with Gasteiger partial charge in [-0.05, 0) is 18.7 Å². The molecule has 1 aromatic rings. The first-order valence-electron chi connectivity index (χ1n) is 4.30. The summed E-state index contributed by atoms with van der Waals surface area (Å²) in [5.41, 5.74) is 0.795. The maximum atomic E-state index is 13.1. The van der Waals surface area contributed by atoms with Crippen molar-refractivity contribution in [2.75, 3.05) is 19.3 Å². The van der Waals surface area contributed by atoms with E-state index in [-0.39, 0.29) is 5.82 Å². The standard InChI is InChI=1S/C10H14FNS/c1-12-6-7-13-8-9-4-2-3-5-10(9)11/h2-5,12H,6-8H2,1H3. The topological polar surface area (TPSA) is 12.0 Å². The molecule has 0 fully saturated rings. The van der Waals surface area contributed by atoms with Gasteiger partial charge in [0.25, 0.3) is 0 Å². The average molecular weight is 199 g/mol. The van der Waals surface area contributed by atoms with Crippen LogP contribution in [0.15, 0.2) is 24.3 Å². The lowest BCUT2D eigenvalue weighted by Gasteiger charge is -2.02. The van der Waals surface area contributed by atoms with Gasteiger partial charge in [-0.3, -0.25) is 0 Å². The number of thioether (sulfide) groups is 1. The van der Waals surface area contributed by atoms with Crippen LogP contribution >= 0.6 is 11.8 Å². The van der Waals surface area contributed by atoms with Crippen LogP contribution in [-0.4, -0.2) is 19.3 Å². The molecule has 0 saturated carbocycles. The predicted octanol–water partition coefficient (Wildman–Crippen LogP) is 2.28. The first kappa shape index (κ1) is 10.5. The predicted molar refractivity (Wildman–Crippen MR) is 56.5 cm³/mol. The van der Waals surface area contributed by atoms with Crippen molar-refractivity contribution in [3.63, 3.8) is 0 Å². The third kappa shape index (κ3) is 3.79. The van der Waals surface area contributed by atoms with Crippen LogP contribution in [0.5, 0.6) is 0 Å². The summed E-state index contributed by atoms with van der Waals surface area (Å²) in [7, 11) is 1.92. The van der Waals surface area contributed by atoms with Crippen molar-refractivity contribution in [2.24, 2.45) is 0 Å². The summed E-state index contributed by atoms with van der Waals surface area (Å²) in [5.74, 6) is 1.68. The zero-order valence-electron chi connectivity index (χ0n) is 7.72. The second-order valence-corrected chi connectivity index (χ2v) is 3.85. The molecule has 0 saturated heterocycles. The molecule has 13 heavy (non-hydrogen) atoms. The van der Waals surface area contributed by atoms with Crippen molar-refractivity contribution in [3.05, 3.63) is 35.6 Å². The Hall–Kier alpha value is -0.540. The minimum Gasteiger partial charge on any atom is -0.319 e. The molecule has 0 aliphatic heterocycles. The number of nitrogens with one attached hydrogen (secondary N) is 1. The molecule has 0 bridgehead atoms. The van der Waals surface area contributed by atoms with Gasteiger partial charge < -0.3 is 5.32 Å². The van der Waals surface area contributed by atoms with Crippen LogP contribution < -0.4 is 5.32 Å². The monoisotopic (exact) mass is 199 g/mol. The maximum absolute atomic E-state index is 13.1. The molecule has 0 heterocycles. The second-order valence-electron chi connectivity index (χ2n) is 2.75. The summed E-state index contributed by atoms with van der Waals surface area (Å²) in [5, 5.41) is 3.05. The molecule has 1 aromatic carbocycles. The Balaban J connectivity index is 2.32. The average Bonchev–Trinajstić information content (AvgIpc) is 2.15. The highest BCUT2D eigenvalue weighted by Gasteiger charge is 1.99. The van der Waals surface area contributed by atoms with Crippen molar-refractivity contribution in [1.29, 1.82) is 0 Å². The molecule has 0 radical (unpaired) electrons. The molecule has 72 valence electrons. The summed E-state index contributed by atoms with van der Waals surface area (Å²) in [6.07, 6.45) is 0. The van der Waals surface area contributed by atoms with Gasteiger partial charge in [0.1, 0.15) is 5.82 Å². The molecule has 1 nitrogen and oxygen atoms in total. The van der Waals surface area contributed by atoms with E-state index in [1.807, 2.05) is 19.2 Å². The van der Waals surface area contributed by atoms with Crippen molar-refractivity contribution in [3.8, 4) is 0 Å². The number of halogens is 1. The molecule has 0 amide bonds. The molecule has 0 spiro atoms. The van der Waals surface area contributed by atoms with Gasteiger partial charge in [0.2, 0.25) is 0 Å². The lowest BCUT2D eigenvalue weighted by atomic mass is 10.2. The lowest BCUT2D eigenvalue weighted by molar-refractivity contribution is 0.617. The summed E-state index contributed by atoms with van der Waals surface area (Å²) in [6.45, 7) is 0.971. The molecule has 1 N–H and O–H groups in total. The maximum Gasteiger partial charge on any atom is 0.127 e. The zero-order valence-corrected chi connectivity index (χ0v) is 8.53. The van der Waals surface area contributed by atoms with Gasteiger partial charge in [-0.1, -0.05) is 18.2 Å². The molecular weight excluding hydrogens is 185 g/mol. The Kier molecular flexibility index (Phi) is 4.86. The van der Waals surface area contributed by atoms with E-state index in [1.54, 1.807) is 17.8 Å². The molecule has 0 aliphatic carbocycles. The fraction of sp³-hybridized carbons (Fsp3) is 0.400. The van der Waals surface area contributed by atoms with E-state index in [0.717, 1.165) is 23.6 Å².